The number of aryl methyl sites for hydroxylation is 2. The summed E-state index contributed by atoms with van der Waals surface area (Å²) in [5.41, 5.74) is 2.86. The summed E-state index contributed by atoms with van der Waals surface area (Å²) in [7, 11) is 4.61. The molecule has 0 amide bonds. The molecule has 10 heteroatoms. The van der Waals surface area contributed by atoms with E-state index < -0.39 is 11.2 Å². The van der Waals surface area contributed by atoms with Crippen LogP contribution in [0.4, 0.5) is 5.95 Å². The van der Waals surface area contributed by atoms with Crippen LogP contribution in [0.15, 0.2) is 32.9 Å². The van der Waals surface area contributed by atoms with Gasteiger partial charge >= 0.3 is 5.69 Å². The summed E-state index contributed by atoms with van der Waals surface area (Å²) in [4.78, 5) is 30.0. The predicted octanol–water partition coefficient (Wildman–Crippen LogP) is 0.120. The summed E-state index contributed by atoms with van der Waals surface area (Å²) in [6.07, 6.45) is 1.50. The molecular weight excluding hydrogens is 328 g/mol. The number of methoxy groups -OCH3 is 1. The Labute approximate surface area is 141 Å². The Morgan fingerprint density at radius 1 is 1.32 bits per heavy atom. The second-order valence-corrected chi connectivity index (χ2v) is 5.29. The molecule has 3 N–H and O–H groups in total. The van der Waals surface area contributed by atoms with E-state index in [2.05, 4.69) is 20.5 Å². The molecule has 3 aromatic rings. The van der Waals surface area contributed by atoms with Crippen molar-refractivity contribution >= 4 is 23.3 Å². The van der Waals surface area contributed by atoms with E-state index in [4.69, 9.17) is 4.74 Å². The summed E-state index contributed by atoms with van der Waals surface area (Å²) in [5, 5.41) is 13.6. The van der Waals surface area contributed by atoms with Crippen molar-refractivity contribution in [2.45, 2.75) is 0 Å². The van der Waals surface area contributed by atoms with Crippen molar-refractivity contribution in [3.8, 4) is 11.5 Å². The van der Waals surface area contributed by atoms with E-state index in [0.717, 1.165) is 0 Å². The largest absolute Gasteiger partial charge is 0.504 e. The lowest BCUT2D eigenvalue weighted by atomic mass is 10.2. The van der Waals surface area contributed by atoms with Crippen LogP contribution in [0.1, 0.15) is 5.56 Å². The molecule has 0 unspecified atom stereocenters. The Balaban J connectivity index is 1.93. The topological polar surface area (TPSA) is 127 Å². The molecule has 0 radical (unpaired) electrons. The monoisotopic (exact) mass is 344 g/mol. The maximum atomic E-state index is 12.0. The van der Waals surface area contributed by atoms with Crippen molar-refractivity contribution in [3.63, 3.8) is 0 Å². The number of fused-ring (bicyclic) bond motifs is 1. The van der Waals surface area contributed by atoms with Crippen molar-refractivity contribution in [1.29, 1.82) is 0 Å². The second-order valence-electron chi connectivity index (χ2n) is 5.29. The Morgan fingerprint density at radius 2 is 2.08 bits per heavy atom. The molecule has 0 aliphatic heterocycles. The minimum absolute atomic E-state index is 0.0307. The maximum absolute atomic E-state index is 12.0. The number of rotatable bonds is 4. The van der Waals surface area contributed by atoms with Gasteiger partial charge in [-0.25, -0.2) is 10.2 Å². The number of ether oxygens (including phenoxy) is 1. The second kappa shape index (κ2) is 6.15. The van der Waals surface area contributed by atoms with Gasteiger partial charge in [-0.15, -0.1) is 0 Å². The number of phenolic OH excluding ortho intramolecular Hbond substituents is 1. The maximum Gasteiger partial charge on any atom is 0.329 e. The number of aromatic nitrogens is 4. The van der Waals surface area contributed by atoms with Crippen LogP contribution in [0, 0.1) is 0 Å². The van der Waals surface area contributed by atoms with Crippen LogP contribution in [0.5, 0.6) is 11.5 Å². The molecule has 0 saturated heterocycles. The first kappa shape index (κ1) is 16.3. The molecule has 3 rings (SSSR count). The van der Waals surface area contributed by atoms with Crippen LogP contribution in [-0.4, -0.2) is 37.5 Å². The molecule has 0 aliphatic rings. The van der Waals surface area contributed by atoms with Crippen LogP contribution in [0.3, 0.4) is 0 Å². The number of hydrogen-bond donors (Lipinski definition) is 3. The summed E-state index contributed by atoms with van der Waals surface area (Å²) >= 11 is 0. The van der Waals surface area contributed by atoms with Crippen molar-refractivity contribution < 1.29 is 9.84 Å². The molecule has 0 bridgehead atoms. The molecule has 25 heavy (non-hydrogen) atoms. The molecule has 1 aromatic carbocycles. The van der Waals surface area contributed by atoms with E-state index in [1.54, 1.807) is 19.2 Å². The van der Waals surface area contributed by atoms with E-state index in [1.807, 2.05) is 0 Å². The van der Waals surface area contributed by atoms with Gasteiger partial charge in [-0.3, -0.25) is 14.3 Å². The number of aromatic amines is 1. The van der Waals surface area contributed by atoms with Gasteiger partial charge in [0, 0.05) is 14.1 Å². The van der Waals surface area contributed by atoms with Crippen LogP contribution >= 0.6 is 0 Å². The first-order chi connectivity index (χ1) is 11.9. The number of nitrogens with one attached hydrogen (secondary N) is 2. The van der Waals surface area contributed by atoms with Gasteiger partial charge in [-0.2, -0.15) is 10.1 Å². The van der Waals surface area contributed by atoms with Gasteiger partial charge in [0.25, 0.3) is 5.56 Å². The first-order valence-electron chi connectivity index (χ1n) is 7.24. The van der Waals surface area contributed by atoms with Crippen molar-refractivity contribution in [1.82, 2.24) is 19.1 Å². The molecule has 0 spiro atoms. The molecule has 130 valence electrons. The lowest BCUT2D eigenvalue weighted by Gasteiger charge is -2.03. The van der Waals surface area contributed by atoms with Gasteiger partial charge in [-0.05, 0) is 23.8 Å². The number of imidazole rings is 1. The lowest BCUT2D eigenvalue weighted by molar-refractivity contribution is 0.373. The smallest absolute Gasteiger partial charge is 0.329 e. The van der Waals surface area contributed by atoms with Crippen LogP contribution in [0.25, 0.3) is 11.2 Å². The Kier molecular flexibility index (Phi) is 4.01. The molecule has 0 saturated carbocycles. The van der Waals surface area contributed by atoms with E-state index in [1.165, 1.54) is 35.6 Å². The number of nitrogens with zero attached hydrogens (tertiary/aromatic N) is 4. The van der Waals surface area contributed by atoms with Crippen LogP contribution in [-0.2, 0) is 14.1 Å². The molecule has 0 fully saturated rings. The minimum atomic E-state index is -0.540. The SMILES string of the molecule is COc1cc(C=NNc2nc3c(c(=O)[nH]c(=O)n3C)n2C)ccc1O. The number of aromatic hydroxyl groups is 1. The molecule has 10 nitrogen and oxygen atoms in total. The Hall–Kier alpha value is -3.56. The third-order valence-electron chi connectivity index (χ3n) is 3.72. The predicted molar refractivity (Wildman–Crippen MR) is 92.5 cm³/mol. The fraction of sp³-hybridized carbons (Fsp3) is 0.200. The lowest BCUT2D eigenvalue weighted by Crippen LogP contribution is -2.29. The molecular formula is C15H16N6O4. The number of anilines is 1. The van der Waals surface area contributed by atoms with E-state index in [0.29, 0.717) is 17.3 Å². The zero-order valence-corrected chi connectivity index (χ0v) is 13.8. The summed E-state index contributed by atoms with van der Waals surface area (Å²) in [6, 6.07) is 4.76. The standard InChI is InChI=1S/C15H16N6O4/c1-20-11-12(21(2)15(24)18-13(11)23)17-14(20)19-16-7-8-4-5-9(22)10(6-8)25-3/h4-7,22H,1-3H3,(H,17,19)(H,18,23,24). The Morgan fingerprint density at radius 3 is 2.80 bits per heavy atom. The fourth-order valence-corrected chi connectivity index (χ4v) is 2.35. The Bertz CT molecular complexity index is 1090. The highest BCUT2D eigenvalue weighted by Gasteiger charge is 2.14. The summed E-state index contributed by atoms with van der Waals surface area (Å²) < 4.78 is 7.78. The highest BCUT2D eigenvalue weighted by atomic mass is 16.5. The quantitative estimate of drug-likeness (QED) is 0.456. The number of H-pyrrole nitrogens is 1. The van der Waals surface area contributed by atoms with Gasteiger partial charge < -0.3 is 14.4 Å². The van der Waals surface area contributed by atoms with Gasteiger partial charge in [0.1, 0.15) is 0 Å². The number of hydrazone groups is 1. The first-order valence-corrected chi connectivity index (χ1v) is 7.24. The molecule has 0 atom stereocenters. The van der Waals surface area contributed by atoms with E-state index in [-0.39, 0.29) is 16.9 Å². The van der Waals surface area contributed by atoms with Crippen molar-refractivity contribution in [3.05, 3.63) is 44.6 Å². The fourth-order valence-electron chi connectivity index (χ4n) is 2.35. The van der Waals surface area contributed by atoms with E-state index >= 15 is 0 Å². The van der Waals surface area contributed by atoms with Gasteiger partial charge in [0.2, 0.25) is 5.95 Å². The highest BCUT2D eigenvalue weighted by Crippen LogP contribution is 2.25. The van der Waals surface area contributed by atoms with Crippen molar-refractivity contribution in [2.24, 2.45) is 19.2 Å². The van der Waals surface area contributed by atoms with Gasteiger partial charge in [0.15, 0.2) is 22.7 Å². The van der Waals surface area contributed by atoms with E-state index in [9.17, 15) is 14.7 Å². The van der Waals surface area contributed by atoms with Crippen LogP contribution in [0.2, 0.25) is 0 Å². The average Bonchev–Trinajstić information content (AvgIpc) is 2.92. The van der Waals surface area contributed by atoms with Gasteiger partial charge in [0.05, 0.1) is 13.3 Å². The third-order valence-corrected chi connectivity index (χ3v) is 3.72. The van der Waals surface area contributed by atoms with Crippen molar-refractivity contribution in [2.75, 3.05) is 12.5 Å². The molecule has 2 aromatic heterocycles. The summed E-state index contributed by atoms with van der Waals surface area (Å²) in [6.45, 7) is 0. The van der Waals surface area contributed by atoms with Crippen LogP contribution < -0.4 is 21.4 Å². The zero-order chi connectivity index (χ0) is 18.1. The number of phenols is 1. The molecule has 2 heterocycles. The van der Waals surface area contributed by atoms with Gasteiger partial charge in [-0.1, -0.05) is 0 Å². The third kappa shape index (κ3) is 2.84. The average molecular weight is 344 g/mol. The summed E-state index contributed by atoms with van der Waals surface area (Å²) in [5.74, 6) is 0.653. The highest BCUT2D eigenvalue weighted by molar-refractivity contribution is 5.81. The minimum Gasteiger partial charge on any atom is -0.504 e. The molecule has 0 aliphatic carbocycles. The zero-order valence-electron chi connectivity index (χ0n) is 13.8. The normalized spacial score (nSPS) is 11.3. The number of hydrogen-bond acceptors (Lipinski definition) is 7. The number of benzene rings is 1.